The summed E-state index contributed by atoms with van der Waals surface area (Å²) in [4.78, 5) is 0. The normalized spacial score (nSPS) is 13.4. The second kappa shape index (κ2) is 11.4. The van der Waals surface area contributed by atoms with E-state index in [1.807, 2.05) is 0 Å². The van der Waals surface area contributed by atoms with Crippen LogP contribution >= 0.6 is 0 Å². The highest BCUT2D eigenvalue weighted by Gasteiger charge is 2.46. The average Bonchev–Trinajstić information content (AvgIpc) is 3.57. The molecule has 12 aromatic carbocycles. The molecule has 0 saturated heterocycles. The molecule has 0 aliphatic heterocycles. The Morgan fingerprint density at radius 3 is 1.07 bits per heavy atom. The lowest BCUT2D eigenvalue weighted by Crippen LogP contribution is -2.28. The predicted molar refractivity (Wildman–Crippen MR) is 242 cm³/mol. The Balaban J connectivity index is 1.12. The summed E-state index contributed by atoms with van der Waals surface area (Å²) in [5.74, 6) is 0. The van der Waals surface area contributed by atoms with Crippen molar-refractivity contribution in [2.75, 3.05) is 0 Å². The summed E-state index contributed by atoms with van der Waals surface area (Å²) in [7, 11) is 0. The van der Waals surface area contributed by atoms with Gasteiger partial charge in [-0.05, 0) is 145 Å². The lowest BCUT2D eigenvalue weighted by Gasteiger charge is -2.34. The molecule has 1 aliphatic carbocycles. The first kappa shape index (κ1) is 31.0. The highest BCUT2D eigenvalue weighted by molar-refractivity contribution is 6.27. The molecule has 262 valence electrons. The zero-order valence-corrected chi connectivity index (χ0v) is 31.1. The van der Waals surface area contributed by atoms with E-state index in [1.165, 1.54) is 120 Å². The minimum atomic E-state index is -0.544. The van der Waals surface area contributed by atoms with Gasteiger partial charge in [0, 0.05) is 0 Å². The maximum atomic E-state index is 2.52. The van der Waals surface area contributed by atoms with Crippen LogP contribution in [0.4, 0.5) is 0 Å². The summed E-state index contributed by atoms with van der Waals surface area (Å²) in [6.07, 6.45) is 0. The van der Waals surface area contributed by atoms with E-state index in [0.717, 1.165) is 0 Å². The molecule has 13 rings (SSSR count). The van der Waals surface area contributed by atoms with Crippen LogP contribution in [0.2, 0.25) is 0 Å². The SMILES string of the molecule is c1ccc(C2(c3ccccc3)c3cc(-c4cc5cccc6ccc7cccc4c7c65)ccc3-c3ccc(-c4cc5cccc6ccc7cccc4c7c65)cc32)cc1. The third-order valence-corrected chi connectivity index (χ3v) is 13.2. The molecule has 0 amide bonds. The van der Waals surface area contributed by atoms with Gasteiger partial charge in [-0.25, -0.2) is 0 Å². The second-order valence-electron chi connectivity index (χ2n) is 15.9. The van der Waals surface area contributed by atoms with E-state index in [9.17, 15) is 0 Å². The minimum Gasteiger partial charge on any atom is -0.0622 e. The van der Waals surface area contributed by atoms with Crippen LogP contribution < -0.4 is 0 Å². The zero-order valence-electron chi connectivity index (χ0n) is 31.1. The molecule has 0 unspecified atom stereocenters. The Hall–Kier alpha value is -7.28. The van der Waals surface area contributed by atoms with Crippen molar-refractivity contribution < 1.29 is 0 Å². The molecule has 0 fully saturated rings. The molecule has 0 heteroatoms. The molecule has 0 aromatic heterocycles. The number of fused-ring (bicyclic) bond motifs is 3. The minimum absolute atomic E-state index is 0.544. The van der Waals surface area contributed by atoms with E-state index in [1.54, 1.807) is 0 Å². The van der Waals surface area contributed by atoms with Crippen molar-refractivity contribution in [1.29, 1.82) is 0 Å². The number of benzene rings is 12. The van der Waals surface area contributed by atoms with Gasteiger partial charge in [-0.3, -0.25) is 0 Å². The molecule has 0 nitrogen and oxygen atoms in total. The second-order valence-corrected chi connectivity index (χ2v) is 15.9. The van der Waals surface area contributed by atoms with Crippen LogP contribution in [0.5, 0.6) is 0 Å². The van der Waals surface area contributed by atoms with E-state index < -0.39 is 5.41 Å². The highest BCUT2D eigenvalue weighted by atomic mass is 14.5. The quantitative estimate of drug-likeness (QED) is 0.159. The fourth-order valence-electron chi connectivity index (χ4n) is 10.8. The van der Waals surface area contributed by atoms with Crippen LogP contribution in [0.1, 0.15) is 22.3 Å². The summed E-state index contributed by atoms with van der Waals surface area (Å²) < 4.78 is 0. The monoisotopic (exact) mass is 718 g/mol. The fraction of sp³-hybridized carbons (Fsp3) is 0.0175. The van der Waals surface area contributed by atoms with Gasteiger partial charge in [0.25, 0.3) is 0 Å². The molecule has 12 aromatic rings. The molecule has 0 N–H and O–H groups in total. The van der Waals surface area contributed by atoms with Gasteiger partial charge in [0.15, 0.2) is 0 Å². The van der Waals surface area contributed by atoms with Gasteiger partial charge in [-0.1, -0.05) is 182 Å². The maximum absolute atomic E-state index is 2.52. The van der Waals surface area contributed by atoms with Gasteiger partial charge >= 0.3 is 0 Å². The lowest BCUT2D eigenvalue weighted by atomic mass is 9.67. The summed E-state index contributed by atoms with van der Waals surface area (Å²) >= 11 is 0. The van der Waals surface area contributed by atoms with Gasteiger partial charge in [0.2, 0.25) is 0 Å². The molecule has 0 spiro atoms. The summed E-state index contributed by atoms with van der Waals surface area (Å²) in [5, 5.41) is 15.7. The smallest absolute Gasteiger partial charge is 0.0622 e. The van der Waals surface area contributed by atoms with E-state index >= 15 is 0 Å². The van der Waals surface area contributed by atoms with E-state index in [-0.39, 0.29) is 0 Å². The Bertz CT molecular complexity index is 3320. The van der Waals surface area contributed by atoms with Crippen molar-refractivity contribution >= 4 is 64.6 Å². The Morgan fingerprint density at radius 1 is 0.246 bits per heavy atom. The lowest BCUT2D eigenvalue weighted by molar-refractivity contribution is 0.769. The van der Waals surface area contributed by atoms with Crippen LogP contribution in [0.3, 0.4) is 0 Å². The topological polar surface area (TPSA) is 0 Å². The number of hydrogen-bond acceptors (Lipinski definition) is 0. The molecule has 0 saturated carbocycles. The molecule has 0 radical (unpaired) electrons. The third-order valence-electron chi connectivity index (χ3n) is 13.2. The highest BCUT2D eigenvalue weighted by Crippen LogP contribution is 2.58. The fourth-order valence-corrected chi connectivity index (χ4v) is 10.8. The molecule has 0 bridgehead atoms. The maximum Gasteiger partial charge on any atom is 0.0713 e. The zero-order chi connectivity index (χ0) is 37.2. The largest absolute Gasteiger partial charge is 0.0713 e. The molecule has 1 aliphatic rings. The van der Waals surface area contributed by atoms with Crippen LogP contribution in [-0.2, 0) is 5.41 Å². The molecular weight excluding hydrogens is 685 g/mol. The summed E-state index contributed by atoms with van der Waals surface area (Å²) in [5.41, 5.74) is 12.3. The number of hydrogen-bond donors (Lipinski definition) is 0. The van der Waals surface area contributed by atoms with Crippen molar-refractivity contribution in [3.8, 4) is 33.4 Å². The van der Waals surface area contributed by atoms with Crippen LogP contribution in [0, 0.1) is 0 Å². The third kappa shape index (κ3) is 4.12. The van der Waals surface area contributed by atoms with Crippen LogP contribution in [0.15, 0.2) is 206 Å². The Labute approximate surface area is 330 Å². The van der Waals surface area contributed by atoms with Crippen molar-refractivity contribution in [2.45, 2.75) is 5.41 Å². The van der Waals surface area contributed by atoms with Gasteiger partial charge in [-0.15, -0.1) is 0 Å². The van der Waals surface area contributed by atoms with E-state index in [2.05, 4.69) is 206 Å². The number of rotatable bonds is 4. The van der Waals surface area contributed by atoms with Gasteiger partial charge in [-0.2, -0.15) is 0 Å². The summed E-state index contributed by atoms with van der Waals surface area (Å²) in [6, 6.07) is 77.9. The predicted octanol–water partition coefficient (Wildman–Crippen LogP) is 15.2. The standard InChI is InChI=1S/C57H34/c1-3-17-43(18-4-1)57(44-19-5-2-6-20-44)51-33-39(49-31-41-15-7-11-35-23-25-37-13-9-21-47(49)55(37)53(35)41)27-29-45(51)46-30-28-40(34-52(46)57)50-32-42-16-8-12-36-24-26-38-14-10-22-48(50)56(38)54(36)42/h1-34H. The first-order chi connectivity index (χ1) is 28.3. The van der Waals surface area contributed by atoms with E-state index in [4.69, 9.17) is 0 Å². The van der Waals surface area contributed by atoms with Crippen LogP contribution in [0.25, 0.3) is 98.0 Å². The first-order valence-corrected chi connectivity index (χ1v) is 20.0. The van der Waals surface area contributed by atoms with E-state index in [0.29, 0.717) is 0 Å². The van der Waals surface area contributed by atoms with Crippen LogP contribution in [-0.4, -0.2) is 0 Å². The van der Waals surface area contributed by atoms with Crippen molar-refractivity contribution in [3.05, 3.63) is 229 Å². The molecule has 0 heterocycles. The van der Waals surface area contributed by atoms with Gasteiger partial charge in [0.05, 0.1) is 5.41 Å². The Morgan fingerprint density at radius 2 is 0.632 bits per heavy atom. The average molecular weight is 719 g/mol. The first-order valence-electron chi connectivity index (χ1n) is 20.0. The van der Waals surface area contributed by atoms with Crippen molar-refractivity contribution in [3.63, 3.8) is 0 Å². The van der Waals surface area contributed by atoms with Gasteiger partial charge < -0.3 is 0 Å². The van der Waals surface area contributed by atoms with Crippen molar-refractivity contribution in [2.24, 2.45) is 0 Å². The summed E-state index contributed by atoms with van der Waals surface area (Å²) in [6.45, 7) is 0. The Kier molecular flexibility index (Phi) is 6.19. The molecule has 0 atom stereocenters. The van der Waals surface area contributed by atoms with Gasteiger partial charge in [0.1, 0.15) is 0 Å². The molecule has 57 heavy (non-hydrogen) atoms. The van der Waals surface area contributed by atoms with Crippen molar-refractivity contribution in [1.82, 2.24) is 0 Å². The molecular formula is C57H34.